The highest BCUT2D eigenvalue weighted by Gasteiger charge is 2.04. The van der Waals surface area contributed by atoms with E-state index in [4.69, 9.17) is 15.2 Å². The zero-order valence-electron chi connectivity index (χ0n) is 14.8. The lowest BCUT2D eigenvalue weighted by Gasteiger charge is -2.13. The van der Waals surface area contributed by atoms with Crippen molar-refractivity contribution in [2.75, 3.05) is 19.4 Å². The summed E-state index contributed by atoms with van der Waals surface area (Å²) in [5, 5.41) is 3.46. The van der Waals surface area contributed by atoms with Gasteiger partial charge in [0.05, 0.1) is 18.9 Å². The van der Waals surface area contributed by atoms with E-state index in [0.717, 1.165) is 37.4 Å². The Hall–Kier alpha value is -2.20. The smallest absolute Gasteiger partial charge is 0.142 e. The molecule has 130 valence electrons. The Morgan fingerprint density at radius 1 is 1.08 bits per heavy atom. The molecule has 24 heavy (non-hydrogen) atoms. The van der Waals surface area contributed by atoms with Crippen molar-refractivity contribution in [2.45, 2.75) is 39.3 Å². The second-order valence-electron chi connectivity index (χ2n) is 6.13. The SMILES string of the molecule is COc1ccccc1CNCCCc1ccc(OC(C)C)c(N)c1. The maximum Gasteiger partial charge on any atom is 0.142 e. The Kier molecular flexibility index (Phi) is 6.94. The molecule has 0 aromatic heterocycles. The minimum Gasteiger partial charge on any atom is -0.496 e. The van der Waals surface area contributed by atoms with Crippen molar-refractivity contribution in [3.63, 3.8) is 0 Å². The third-order valence-electron chi connectivity index (χ3n) is 3.76. The number of anilines is 1. The molecule has 0 saturated carbocycles. The van der Waals surface area contributed by atoms with E-state index in [-0.39, 0.29) is 6.10 Å². The molecule has 0 amide bonds. The molecular formula is C20H28N2O2. The molecule has 0 heterocycles. The number of ether oxygens (including phenoxy) is 2. The molecule has 0 spiro atoms. The van der Waals surface area contributed by atoms with Gasteiger partial charge in [0.25, 0.3) is 0 Å². The van der Waals surface area contributed by atoms with Gasteiger partial charge in [-0.25, -0.2) is 0 Å². The fourth-order valence-corrected chi connectivity index (χ4v) is 2.60. The van der Waals surface area contributed by atoms with Crippen LogP contribution >= 0.6 is 0 Å². The maximum atomic E-state index is 6.05. The first kappa shape index (κ1) is 18.1. The number of nitrogen functional groups attached to an aromatic ring is 1. The molecule has 0 radical (unpaired) electrons. The van der Waals surface area contributed by atoms with Gasteiger partial charge in [-0.1, -0.05) is 24.3 Å². The van der Waals surface area contributed by atoms with Crippen LogP contribution in [-0.4, -0.2) is 19.8 Å². The molecular weight excluding hydrogens is 300 g/mol. The predicted molar refractivity (Wildman–Crippen MR) is 99.6 cm³/mol. The van der Waals surface area contributed by atoms with Gasteiger partial charge >= 0.3 is 0 Å². The van der Waals surface area contributed by atoms with E-state index in [1.165, 1.54) is 11.1 Å². The lowest BCUT2D eigenvalue weighted by atomic mass is 10.1. The van der Waals surface area contributed by atoms with Gasteiger partial charge in [-0.3, -0.25) is 0 Å². The Morgan fingerprint density at radius 3 is 2.58 bits per heavy atom. The Balaban J connectivity index is 1.75. The van der Waals surface area contributed by atoms with Gasteiger partial charge in [0.2, 0.25) is 0 Å². The number of methoxy groups -OCH3 is 1. The molecule has 3 N–H and O–H groups in total. The molecule has 4 nitrogen and oxygen atoms in total. The van der Waals surface area contributed by atoms with Gasteiger partial charge in [0.15, 0.2) is 0 Å². The molecule has 4 heteroatoms. The van der Waals surface area contributed by atoms with E-state index in [1.807, 2.05) is 44.2 Å². The van der Waals surface area contributed by atoms with Crippen molar-refractivity contribution in [1.82, 2.24) is 5.32 Å². The van der Waals surface area contributed by atoms with E-state index in [1.54, 1.807) is 7.11 Å². The zero-order chi connectivity index (χ0) is 17.4. The minimum absolute atomic E-state index is 0.136. The third-order valence-corrected chi connectivity index (χ3v) is 3.76. The largest absolute Gasteiger partial charge is 0.496 e. The zero-order valence-corrected chi connectivity index (χ0v) is 14.8. The minimum atomic E-state index is 0.136. The number of aryl methyl sites for hydroxylation is 1. The Morgan fingerprint density at radius 2 is 1.88 bits per heavy atom. The van der Waals surface area contributed by atoms with Crippen LogP contribution < -0.4 is 20.5 Å². The van der Waals surface area contributed by atoms with Gasteiger partial charge in [0.1, 0.15) is 11.5 Å². The molecule has 0 bridgehead atoms. The number of benzene rings is 2. The van der Waals surface area contributed by atoms with E-state index < -0.39 is 0 Å². The van der Waals surface area contributed by atoms with Crippen LogP contribution in [0.15, 0.2) is 42.5 Å². The number of hydrogen-bond donors (Lipinski definition) is 2. The van der Waals surface area contributed by atoms with Crippen LogP contribution in [0.2, 0.25) is 0 Å². The van der Waals surface area contributed by atoms with E-state index in [0.29, 0.717) is 5.69 Å². The normalized spacial score (nSPS) is 10.8. The predicted octanol–water partition coefficient (Wildman–Crippen LogP) is 3.79. The number of hydrogen-bond acceptors (Lipinski definition) is 4. The van der Waals surface area contributed by atoms with Crippen molar-refractivity contribution in [3.05, 3.63) is 53.6 Å². The monoisotopic (exact) mass is 328 g/mol. The molecule has 0 saturated heterocycles. The molecule has 2 aromatic rings. The molecule has 0 aliphatic carbocycles. The molecule has 2 rings (SSSR count). The van der Waals surface area contributed by atoms with Crippen molar-refractivity contribution in [3.8, 4) is 11.5 Å². The highest BCUT2D eigenvalue weighted by molar-refractivity contribution is 5.54. The highest BCUT2D eigenvalue weighted by Crippen LogP contribution is 2.24. The standard InChI is InChI=1S/C20H28N2O2/c1-15(2)24-20-11-10-16(13-18(20)21)7-6-12-22-14-17-8-4-5-9-19(17)23-3/h4-5,8-11,13,15,22H,6-7,12,14,21H2,1-3H3. The molecule has 0 unspecified atom stereocenters. The Bertz CT molecular complexity index is 641. The first-order valence-electron chi connectivity index (χ1n) is 8.48. The van der Waals surface area contributed by atoms with Crippen LogP contribution in [0.1, 0.15) is 31.4 Å². The fourth-order valence-electron chi connectivity index (χ4n) is 2.60. The van der Waals surface area contributed by atoms with Crippen molar-refractivity contribution in [1.29, 1.82) is 0 Å². The van der Waals surface area contributed by atoms with E-state index >= 15 is 0 Å². The summed E-state index contributed by atoms with van der Waals surface area (Å²) in [4.78, 5) is 0. The average Bonchev–Trinajstić information content (AvgIpc) is 2.57. The summed E-state index contributed by atoms with van der Waals surface area (Å²) in [7, 11) is 1.70. The second kappa shape index (κ2) is 9.18. The van der Waals surface area contributed by atoms with E-state index in [9.17, 15) is 0 Å². The summed E-state index contributed by atoms with van der Waals surface area (Å²) in [6, 6.07) is 14.2. The summed E-state index contributed by atoms with van der Waals surface area (Å²) in [6.45, 7) is 5.76. The van der Waals surface area contributed by atoms with Crippen molar-refractivity contribution >= 4 is 5.69 Å². The molecule has 0 atom stereocenters. The Labute approximate surface area is 145 Å². The van der Waals surface area contributed by atoms with Crippen LogP contribution in [0.5, 0.6) is 11.5 Å². The lowest BCUT2D eigenvalue weighted by molar-refractivity contribution is 0.244. The summed E-state index contributed by atoms with van der Waals surface area (Å²) < 4.78 is 11.0. The highest BCUT2D eigenvalue weighted by atomic mass is 16.5. The average molecular weight is 328 g/mol. The van der Waals surface area contributed by atoms with Gasteiger partial charge < -0.3 is 20.5 Å². The summed E-state index contributed by atoms with van der Waals surface area (Å²) in [5.74, 6) is 1.70. The molecule has 0 aliphatic heterocycles. The first-order valence-corrected chi connectivity index (χ1v) is 8.48. The summed E-state index contributed by atoms with van der Waals surface area (Å²) in [5.41, 5.74) is 9.18. The van der Waals surface area contributed by atoms with Gasteiger partial charge in [-0.05, 0) is 57.0 Å². The quantitative estimate of drug-likeness (QED) is 0.543. The van der Waals surface area contributed by atoms with Gasteiger partial charge in [-0.15, -0.1) is 0 Å². The number of nitrogens with two attached hydrogens (primary N) is 1. The molecule has 0 fully saturated rings. The number of nitrogens with one attached hydrogen (secondary N) is 1. The first-order chi connectivity index (χ1) is 11.6. The number of rotatable bonds is 9. The van der Waals surface area contributed by atoms with Crippen LogP contribution in [-0.2, 0) is 13.0 Å². The van der Waals surface area contributed by atoms with Crippen LogP contribution in [0.3, 0.4) is 0 Å². The van der Waals surface area contributed by atoms with Crippen LogP contribution in [0.4, 0.5) is 5.69 Å². The van der Waals surface area contributed by atoms with Crippen LogP contribution in [0, 0.1) is 0 Å². The lowest BCUT2D eigenvalue weighted by Crippen LogP contribution is -2.16. The van der Waals surface area contributed by atoms with Crippen molar-refractivity contribution < 1.29 is 9.47 Å². The van der Waals surface area contributed by atoms with Gasteiger partial charge in [0, 0.05) is 12.1 Å². The van der Waals surface area contributed by atoms with E-state index in [2.05, 4.69) is 17.4 Å². The second-order valence-corrected chi connectivity index (χ2v) is 6.13. The van der Waals surface area contributed by atoms with Crippen LogP contribution in [0.25, 0.3) is 0 Å². The maximum absolute atomic E-state index is 6.05. The fraction of sp³-hybridized carbons (Fsp3) is 0.400. The number of para-hydroxylation sites is 1. The van der Waals surface area contributed by atoms with Crippen molar-refractivity contribution in [2.24, 2.45) is 0 Å². The van der Waals surface area contributed by atoms with Gasteiger partial charge in [-0.2, -0.15) is 0 Å². The third kappa shape index (κ3) is 5.46. The topological polar surface area (TPSA) is 56.5 Å². The summed E-state index contributed by atoms with van der Waals surface area (Å²) in [6.07, 6.45) is 2.18. The molecule has 2 aromatic carbocycles. The molecule has 0 aliphatic rings. The summed E-state index contributed by atoms with van der Waals surface area (Å²) >= 11 is 0.